The predicted octanol–water partition coefficient (Wildman–Crippen LogP) is 2.86. The second-order valence-electron chi connectivity index (χ2n) is 10.5. The van der Waals surface area contributed by atoms with Crippen molar-refractivity contribution in [2.75, 3.05) is 6.54 Å². The van der Waals surface area contributed by atoms with E-state index < -0.39 is 17.4 Å². The summed E-state index contributed by atoms with van der Waals surface area (Å²) in [4.78, 5) is 39.7. The number of amides is 2. The monoisotopic (exact) mass is 544 g/mol. The number of likely N-dealkylation sites (tertiary alicyclic amines) is 1. The number of hydrogen-bond donors (Lipinski definition) is 2. The molecule has 2 amide bonds. The minimum atomic E-state index is -0.760. The molecule has 11 heteroatoms. The lowest BCUT2D eigenvalue weighted by Crippen LogP contribution is -2.54. The molecule has 0 saturated carbocycles. The number of hydrogen-bond acceptors (Lipinski definition) is 8. The lowest BCUT2D eigenvalue weighted by molar-refractivity contribution is -0.128. The number of nitrogens with zero attached hydrogens (tertiary/aromatic N) is 6. The molecular weight excluding hydrogens is 511 g/mol. The number of nitrogens with two attached hydrogens (primary N) is 1. The molecule has 1 aromatic carbocycles. The van der Waals surface area contributed by atoms with E-state index in [4.69, 9.17) is 10.8 Å². The average molecular weight is 545 g/mol. The van der Waals surface area contributed by atoms with Gasteiger partial charge in [-0.1, -0.05) is 30.8 Å². The number of nitrogens with one attached hydrogen (secondary N) is 1. The number of halogens is 1. The number of rotatable bonds is 6. The molecule has 1 aromatic heterocycles. The summed E-state index contributed by atoms with van der Waals surface area (Å²) in [5.41, 5.74) is 8.43. The van der Waals surface area contributed by atoms with E-state index in [1.807, 2.05) is 41.1 Å². The van der Waals surface area contributed by atoms with E-state index in [1.165, 1.54) is 24.5 Å². The van der Waals surface area contributed by atoms with E-state index >= 15 is 0 Å². The van der Waals surface area contributed by atoms with Crippen LogP contribution in [-0.2, 0) is 11.3 Å². The molecule has 3 N–H and O–H groups in total. The van der Waals surface area contributed by atoms with Crippen molar-refractivity contribution in [3.63, 3.8) is 0 Å². The zero-order valence-electron chi connectivity index (χ0n) is 22.6. The number of fused-ring (bicyclic) bond motifs is 1. The van der Waals surface area contributed by atoms with Crippen LogP contribution in [0.5, 0.6) is 0 Å². The Kier molecular flexibility index (Phi) is 7.57. The maximum atomic E-state index is 13.1. The number of carbonyl (C=O) groups excluding carboxylic acids is 2. The van der Waals surface area contributed by atoms with Gasteiger partial charge in [0.2, 0.25) is 5.91 Å². The van der Waals surface area contributed by atoms with E-state index in [0.29, 0.717) is 6.54 Å². The fourth-order valence-corrected chi connectivity index (χ4v) is 5.48. The van der Waals surface area contributed by atoms with Crippen molar-refractivity contribution in [1.29, 1.82) is 0 Å². The van der Waals surface area contributed by atoms with Crippen LogP contribution in [0.2, 0.25) is 0 Å². The summed E-state index contributed by atoms with van der Waals surface area (Å²) in [6.07, 6.45) is 5.99. The molecule has 208 valence electrons. The zero-order chi connectivity index (χ0) is 28.4. The van der Waals surface area contributed by atoms with Gasteiger partial charge < -0.3 is 16.0 Å². The molecule has 3 unspecified atom stereocenters. The van der Waals surface area contributed by atoms with Crippen molar-refractivity contribution < 1.29 is 14.0 Å². The van der Waals surface area contributed by atoms with Gasteiger partial charge in [0.1, 0.15) is 35.3 Å². The first kappa shape index (κ1) is 27.3. The highest BCUT2D eigenvalue weighted by Crippen LogP contribution is 2.40. The molecular formula is C29H33FN8O2. The first-order valence-electron chi connectivity index (χ1n) is 13.4. The summed E-state index contributed by atoms with van der Waals surface area (Å²) >= 11 is 0. The lowest BCUT2D eigenvalue weighted by Gasteiger charge is -2.36. The van der Waals surface area contributed by atoms with Gasteiger partial charge in [0.15, 0.2) is 0 Å². The lowest BCUT2D eigenvalue weighted by atomic mass is 9.77. The largest absolute Gasteiger partial charge is 0.347 e. The topological polar surface area (TPSA) is 129 Å². The second-order valence-corrected chi connectivity index (χ2v) is 10.5. The first-order valence-corrected chi connectivity index (χ1v) is 13.4. The molecule has 5 rings (SSSR count). The molecule has 4 atom stereocenters. The number of carbonyl (C=O) groups is 2. The number of benzene rings is 1. The van der Waals surface area contributed by atoms with Crippen LogP contribution in [0.3, 0.4) is 0 Å². The molecule has 40 heavy (non-hydrogen) atoms. The van der Waals surface area contributed by atoms with Gasteiger partial charge in [-0.2, -0.15) is 5.10 Å². The Labute approximate surface area is 232 Å². The molecule has 1 fully saturated rings. The van der Waals surface area contributed by atoms with Gasteiger partial charge in [-0.3, -0.25) is 14.6 Å². The summed E-state index contributed by atoms with van der Waals surface area (Å²) in [6, 6.07) is 10.3. The van der Waals surface area contributed by atoms with E-state index in [0.717, 1.165) is 48.1 Å². The molecule has 0 bridgehead atoms. The minimum Gasteiger partial charge on any atom is -0.347 e. The maximum Gasteiger partial charge on any atom is 0.270 e. The van der Waals surface area contributed by atoms with E-state index in [9.17, 15) is 14.0 Å². The molecule has 2 aromatic rings. The third-order valence-electron chi connectivity index (χ3n) is 7.92. The summed E-state index contributed by atoms with van der Waals surface area (Å²) < 4.78 is 13.1. The molecule has 1 saturated heterocycles. The molecule has 0 radical (unpaired) electrons. The summed E-state index contributed by atoms with van der Waals surface area (Å²) in [5, 5.41) is 9.81. The predicted molar refractivity (Wildman–Crippen MR) is 151 cm³/mol. The van der Waals surface area contributed by atoms with Gasteiger partial charge in [0, 0.05) is 19.1 Å². The number of pyridine rings is 1. The SMILES string of the molecule is C=CC(=O)N1CC(N2N=C(c3ccc(CNC(=O)c4ccc(F)cn4)cc3)C3(C)C2=NC=NC3N)CCC[C@H]1C. The number of aliphatic imine (C=N–C) groups is 2. The molecule has 3 aliphatic heterocycles. The Balaban J connectivity index is 1.38. The molecule has 0 spiro atoms. The maximum absolute atomic E-state index is 13.1. The van der Waals surface area contributed by atoms with Crippen molar-refractivity contribution in [3.8, 4) is 0 Å². The third-order valence-corrected chi connectivity index (χ3v) is 7.92. The van der Waals surface area contributed by atoms with Gasteiger partial charge in [-0.05, 0) is 62.4 Å². The third kappa shape index (κ3) is 5.04. The van der Waals surface area contributed by atoms with Gasteiger partial charge >= 0.3 is 0 Å². The number of hydrazone groups is 1. The van der Waals surface area contributed by atoms with E-state index in [-0.39, 0.29) is 36.1 Å². The van der Waals surface area contributed by atoms with E-state index in [1.54, 1.807) is 0 Å². The smallest absolute Gasteiger partial charge is 0.270 e. The van der Waals surface area contributed by atoms with Gasteiger partial charge in [0.25, 0.3) is 5.91 Å². The minimum absolute atomic E-state index is 0.0716. The first-order chi connectivity index (χ1) is 19.2. The molecule has 10 nitrogen and oxygen atoms in total. The fraction of sp³-hybridized carbons (Fsp3) is 0.379. The number of aromatic nitrogens is 1. The molecule has 3 aliphatic rings. The van der Waals surface area contributed by atoms with Gasteiger partial charge in [-0.25, -0.2) is 19.4 Å². The molecule has 0 aliphatic carbocycles. The van der Waals surface area contributed by atoms with Crippen molar-refractivity contribution >= 4 is 29.7 Å². The standard InChI is InChI=1S/C29H33FN8O2/c1-4-24(39)37-16-22(7-5-6-18(37)2)38-28-29(3,27(31)34-17-35-28)25(36-38)20-10-8-19(9-11-20)14-33-26(40)23-13-12-21(30)15-32-23/h4,8-13,15,17-18,22,27H,1,5-7,14,16,31H2,2-3H3,(H,33,40)/t18-,22?,27?,29?/m1/s1. The van der Waals surface area contributed by atoms with Gasteiger partial charge in [-0.15, -0.1) is 0 Å². The van der Waals surface area contributed by atoms with Crippen molar-refractivity contribution in [2.45, 2.75) is 57.9 Å². The van der Waals surface area contributed by atoms with Crippen LogP contribution in [0.25, 0.3) is 0 Å². The fourth-order valence-electron chi connectivity index (χ4n) is 5.48. The highest BCUT2D eigenvalue weighted by molar-refractivity contribution is 6.23. The highest BCUT2D eigenvalue weighted by Gasteiger charge is 2.53. The van der Waals surface area contributed by atoms with Crippen LogP contribution in [0.15, 0.2) is 70.3 Å². The van der Waals surface area contributed by atoms with Crippen molar-refractivity contribution in [1.82, 2.24) is 20.2 Å². The van der Waals surface area contributed by atoms with Crippen LogP contribution in [0, 0.1) is 11.2 Å². The van der Waals surface area contributed by atoms with Crippen molar-refractivity contribution in [3.05, 3.63) is 77.9 Å². The van der Waals surface area contributed by atoms with E-state index in [2.05, 4.69) is 33.8 Å². The van der Waals surface area contributed by atoms with Crippen LogP contribution < -0.4 is 11.1 Å². The summed E-state index contributed by atoms with van der Waals surface area (Å²) in [6.45, 7) is 8.53. The quantitative estimate of drug-likeness (QED) is 0.541. The summed E-state index contributed by atoms with van der Waals surface area (Å²) in [7, 11) is 0. The highest BCUT2D eigenvalue weighted by atomic mass is 19.1. The molecule has 4 heterocycles. The Morgan fingerprint density at radius 3 is 2.70 bits per heavy atom. The van der Waals surface area contributed by atoms with Crippen LogP contribution >= 0.6 is 0 Å². The normalized spacial score (nSPS) is 25.9. The Morgan fingerprint density at radius 1 is 1.23 bits per heavy atom. The number of amidine groups is 1. The summed E-state index contributed by atoms with van der Waals surface area (Å²) in [5.74, 6) is -0.256. The van der Waals surface area contributed by atoms with Crippen LogP contribution in [0.1, 0.15) is 54.7 Å². The Morgan fingerprint density at radius 2 is 2.00 bits per heavy atom. The Hall–Kier alpha value is -4.25. The van der Waals surface area contributed by atoms with Gasteiger partial charge in [0.05, 0.1) is 18.0 Å². The zero-order valence-corrected chi connectivity index (χ0v) is 22.6. The van der Waals surface area contributed by atoms with Crippen LogP contribution in [0.4, 0.5) is 4.39 Å². The van der Waals surface area contributed by atoms with Crippen LogP contribution in [-0.4, -0.2) is 69.4 Å². The second kappa shape index (κ2) is 11.1. The van der Waals surface area contributed by atoms with Crippen molar-refractivity contribution in [2.24, 2.45) is 26.2 Å². The Bertz CT molecular complexity index is 1390. The average Bonchev–Trinajstić information content (AvgIpc) is 3.14.